The minimum Gasteiger partial charge on any atom is -0.496 e. The molecular formula is C30H35FN5O6P. The molecule has 3 aromatic rings. The average molecular weight is 612 g/mol. The highest BCUT2D eigenvalue weighted by Crippen LogP contribution is 2.30. The predicted octanol–water partition coefficient (Wildman–Crippen LogP) is 3.71. The van der Waals surface area contributed by atoms with Crippen molar-refractivity contribution >= 4 is 60.7 Å². The second-order valence-electron chi connectivity index (χ2n) is 10.1. The Labute approximate surface area is 250 Å². The van der Waals surface area contributed by atoms with E-state index < -0.39 is 16.5 Å². The molecule has 11 nitrogen and oxygen atoms in total. The first-order chi connectivity index (χ1) is 20.5. The second kappa shape index (κ2) is 13.4. The number of carbonyl (C=O) groups is 1. The highest BCUT2D eigenvalue weighted by Gasteiger charge is 2.27. The number of nitro groups is 1. The summed E-state index contributed by atoms with van der Waals surface area (Å²) in [6.07, 6.45) is 1.42. The number of hydrogen-bond donors (Lipinski definition) is 2. The number of nitro benzene ring substituents is 1. The number of nitrogens with one attached hydrogen (secondary N) is 2. The molecule has 1 fully saturated rings. The number of aliphatic imine (C=N–C) groups is 1. The number of nitrogens with zero attached hydrogens (tertiary/aromatic N) is 3. The number of rotatable bonds is 8. The van der Waals surface area contributed by atoms with Crippen LogP contribution in [0.25, 0.3) is 11.8 Å². The van der Waals surface area contributed by atoms with Gasteiger partial charge in [0, 0.05) is 42.4 Å². The molecule has 1 saturated heterocycles. The maximum absolute atomic E-state index is 15.2. The van der Waals surface area contributed by atoms with Crippen molar-refractivity contribution in [3.8, 4) is 5.75 Å². The van der Waals surface area contributed by atoms with Crippen molar-refractivity contribution in [3.05, 3.63) is 67.7 Å². The summed E-state index contributed by atoms with van der Waals surface area (Å²) in [5.41, 5.74) is 2.47. The molecule has 0 radical (unpaired) electrons. The molecule has 2 heterocycles. The lowest BCUT2D eigenvalue weighted by Gasteiger charge is -2.28. The van der Waals surface area contributed by atoms with Gasteiger partial charge in [0.25, 0.3) is 5.69 Å². The number of benzene rings is 2. The summed E-state index contributed by atoms with van der Waals surface area (Å²) in [5.74, 6) is -0.716. The van der Waals surface area contributed by atoms with Crippen LogP contribution in [-0.4, -0.2) is 57.0 Å². The number of anilines is 3. The van der Waals surface area contributed by atoms with Gasteiger partial charge in [-0.1, -0.05) is 5.57 Å². The smallest absolute Gasteiger partial charge is 0.294 e. The minimum absolute atomic E-state index is 0.0876. The first kappa shape index (κ1) is 31.7. The van der Waals surface area contributed by atoms with E-state index in [9.17, 15) is 14.9 Å². The fourth-order valence-electron chi connectivity index (χ4n) is 4.89. The molecule has 1 atom stereocenters. The van der Waals surface area contributed by atoms with Crippen LogP contribution in [0.5, 0.6) is 5.75 Å². The first-order valence-electron chi connectivity index (χ1n) is 13.6. The van der Waals surface area contributed by atoms with Crippen molar-refractivity contribution in [2.45, 2.75) is 27.7 Å². The molecule has 228 valence electrons. The molecule has 1 aromatic heterocycles. The van der Waals surface area contributed by atoms with Crippen molar-refractivity contribution in [1.82, 2.24) is 0 Å². The van der Waals surface area contributed by atoms with Gasteiger partial charge in [0.2, 0.25) is 5.78 Å². The maximum atomic E-state index is 15.2. The van der Waals surface area contributed by atoms with Crippen LogP contribution in [0.15, 0.2) is 33.7 Å². The molecule has 43 heavy (non-hydrogen) atoms. The third-order valence-electron chi connectivity index (χ3n) is 7.03. The average Bonchev–Trinajstić information content (AvgIpc) is 3.37. The number of halogens is 1. The van der Waals surface area contributed by atoms with Crippen molar-refractivity contribution in [2.24, 2.45) is 4.99 Å². The van der Waals surface area contributed by atoms with Crippen LogP contribution in [0.3, 0.4) is 0 Å². The van der Waals surface area contributed by atoms with E-state index in [1.165, 1.54) is 25.4 Å². The zero-order chi connectivity index (χ0) is 31.4. The van der Waals surface area contributed by atoms with E-state index in [4.69, 9.17) is 13.9 Å². The second-order valence-corrected chi connectivity index (χ2v) is 10.7. The van der Waals surface area contributed by atoms with Gasteiger partial charge in [-0.25, -0.2) is 9.38 Å². The lowest BCUT2D eigenvalue weighted by atomic mass is 10.0. The van der Waals surface area contributed by atoms with E-state index in [1.54, 1.807) is 27.0 Å². The Morgan fingerprint density at radius 1 is 1.23 bits per heavy atom. The predicted molar refractivity (Wildman–Crippen MR) is 170 cm³/mol. The van der Waals surface area contributed by atoms with E-state index in [-0.39, 0.29) is 39.0 Å². The molecule has 0 saturated carbocycles. The van der Waals surface area contributed by atoms with Crippen LogP contribution >= 0.6 is 9.24 Å². The first-order valence-corrected chi connectivity index (χ1v) is 14.1. The summed E-state index contributed by atoms with van der Waals surface area (Å²) in [6.45, 7) is 9.34. The topological polar surface area (TPSA) is 131 Å². The van der Waals surface area contributed by atoms with Crippen LogP contribution in [0.2, 0.25) is 0 Å². The Balaban J connectivity index is 1.74. The summed E-state index contributed by atoms with van der Waals surface area (Å²) in [4.78, 5) is 31.6. The number of ether oxygens (including phenoxy) is 2. The van der Waals surface area contributed by atoms with E-state index in [2.05, 4.69) is 24.9 Å². The van der Waals surface area contributed by atoms with Gasteiger partial charge in [0.15, 0.2) is 11.2 Å². The maximum Gasteiger partial charge on any atom is 0.294 e. The van der Waals surface area contributed by atoms with Crippen molar-refractivity contribution in [1.29, 1.82) is 0 Å². The molecule has 0 aliphatic carbocycles. The Morgan fingerprint density at radius 3 is 2.53 bits per heavy atom. The SMILES string of the molecule is CNc1c(C(=O)c2c(F)c(C)cc(OC)c2P)o/c(=C/N=C(C)Nc2ccc(N3CCOCC3)cc2[N+](=O)[O-])c1=C(C)C. The van der Waals surface area contributed by atoms with Gasteiger partial charge < -0.3 is 29.4 Å². The van der Waals surface area contributed by atoms with Crippen LogP contribution in [0, 0.1) is 22.9 Å². The fourth-order valence-corrected chi connectivity index (χ4v) is 5.35. The highest BCUT2D eigenvalue weighted by molar-refractivity contribution is 7.28. The van der Waals surface area contributed by atoms with Gasteiger partial charge in [-0.3, -0.25) is 14.9 Å². The van der Waals surface area contributed by atoms with Gasteiger partial charge >= 0.3 is 0 Å². The van der Waals surface area contributed by atoms with E-state index >= 15 is 4.39 Å². The number of methoxy groups -OCH3 is 1. The summed E-state index contributed by atoms with van der Waals surface area (Å²) >= 11 is 0. The Hall–Kier alpha value is -4.28. The number of aryl methyl sites for hydroxylation is 1. The van der Waals surface area contributed by atoms with Gasteiger partial charge in [-0.05, 0) is 51.5 Å². The van der Waals surface area contributed by atoms with Crippen LogP contribution < -0.4 is 36.2 Å². The van der Waals surface area contributed by atoms with Crippen LogP contribution in [-0.2, 0) is 4.74 Å². The van der Waals surface area contributed by atoms with E-state index in [0.717, 1.165) is 11.3 Å². The molecule has 0 bridgehead atoms. The summed E-state index contributed by atoms with van der Waals surface area (Å²) in [5, 5.41) is 18.8. The third kappa shape index (κ3) is 6.55. The standard InChI is InChI=1S/C30H35FN5O6P/c1-16(2)24-23(42-29(27(24)32-5)28(37)25-26(31)17(3)13-22(40-6)30(25)43)15-33-18(4)34-20-8-7-19(14-21(20)36(38)39)35-9-11-41-12-10-35/h7-8,13-15,32H,9-12,43H2,1-6H3,(H,33,34)/b23-15+. The molecule has 0 spiro atoms. The third-order valence-corrected chi connectivity index (χ3v) is 7.61. The number of morpholine rings is 1. The molecule has 4 rings (SSSR count). The summed E-state index contributed by atoms with van der Waals surface area (Å²) in [6, 6.07) is 6.51. The number of hydrogen-bond acceptors (Lipinski definition) is 9. The van der Waals surface area contributed by atoms with E-state index in [0.29, 0.717) is 48.8 Å². The minimum atomic E-state index is -0.669. The molecule has 1 unspecified atom stereocenters. The van der Waals surface area contributed by atoms with Crippen LogP contribution in [0.1, 0.15) is 42.5 Å². The summed E-state index contributed by atoms with van der Waals surface area (Å²) in [7, 11) is 5.46. The van der Waals surface area contributed by atoms with Crippen molar-refractivity contribution in [3.63, 3.8) is 0 Å². The summed E-state index contributed by atoms with van der Waals surface area (Å²) < 4.78 is 32.0. The lowest BCUT2D eigenvalue weighted by Crippen LogP contribution is -2.36. The molecule has 2 aromatic carbocycles. The molecule has 0 amide bonds. The Kier molecular flexibility index (Phi) is 9.83. The zero-order valence-electron chi connectivity index (χ0n) is 25.0. The lowest BCUT2D eigenvalue weighted by molar-refractivity contribution is -0.383. The number of furan rings is 1. The number of amidine groups is 1. The number of carbonyl (C=O) groups excluding carboxylic acids is 1. The monoisotopic (exact) mass is 611 g/mol. The van der Waals surface area contributed by atoms with Crippen molar-refractivity contribution in [2.75, 3.05) is 56.0 Å². The Bertz CT molecular complexity index is 1730. The van der Waals surface area contributed by atoms with Gasteiger partial charge in [0.1, 0.15) is 23.1 Å². The van der Waals surface area contributed by atoms with Gasteiger partial charge in [-0.15, -0.1) is 9.24 Å². The molecule has 13 heteroatoms. The molecular weight excluding hydrogens is 576 g/mol. The molecule has 1 aliphatic rings. The van der Waals surface area contributed by atoms with Gasteiger partial charge in [0.05, 0.1) is 42.7 Å². The van der Waals surface area contributed by atoms with E-state index in [1.807, 2.05) is 24.8 Å². The highest BCUT2D eigenvalue weighted by atomic mass is 31.0. The fraction of sp³-hybridized carbons (Fsp3) is 0.333. The quantitative estimate of drug-likeness (QED) is 0.0978. The normalized spacial score (nSPS) is 14.1. The van der Waals surface area contributed by atoms with Crippen molar-refractivity contribution < 1.29 is 28.0 Å². The number of ketones is 1. The zero-order valence-corrected chi connectivity index (χ0v) is 26.1. The van der Waals surface area contributed by atoms with Crippen LogP contribution in [0.4, 0.5) is 27.1 Å². The van der Waals surface area contributed by atoms with Gasteiger partial charge in [-0.2, -0.15) is 0 Å². The molecule has 1 aliphatic heterocycles. The Morgan fingerprint density at radius 2 is 1.93 bits per heavy atom. The largest absolute Gasteiger partial charge is 0.496 e. The molecule has 2 N–H and O–H groups in total.